The Balaban J connectivity index is 1.34. The van der Waals surface area contributed by atoms with Gasteiger partial charge in [0, 0.05) is 36.0 Å². The van der Waals surface area contributed by atoms with Gasteiger partial charge in [-0.2, -0.15) is 5.10 Å². The lowest BCUT2D eigenvalue weighted by molar-refractivity contribution is -0.138. The molecule has 0 unspecified atom stereocenters. The number of aryl methyl sites for hydroxylation is 1. The minimum atomic E-state index is -0.732. The predicted octanol–water partition coefficient (Wildman–Crippen LogP) is 4.19. The van der Waals surface area contributed by atoms with E-state index in [-0.39, 0.29) is 47.3 Å². The normalized spacial score (nSPS) is 24.8. The summed E-state index contributed by atoms with van der Waals surface area (Å²) in [4.78, 5) is 58.9. The van der Waals surface area contributed by atoms with Gasteiger partial charge in [0.2, 0.25) is 11.8 Å². The van der Waals surface area contributed by atoms with Gasteiger partial charge in [0.15, 0.2) is 5.78 Å². The Morgan fingerprint density at radius 1 is 1.16 bits per heavy atom. The van der Waals surface area contributed by atoms with Gasteiger partial charge in [0.25, 0.3) is 0 Å². The zero-order chi connectivity index (χ0) is 31.0. The number of fused-ring (bicyclic) bond motifs is 1. The van der Waals surface area contributed by atoms with Crippen LogP contribution in [-0.2, 0) is 20.9 Å². The fourth-order valence-electron chi connectivity index (χ4n) is 6.21. The molecule has 12 nitrogen and oxygen atoms in total. The van der Waals surface area contributed by atoms with Gasteiger partial charge in [0.1, 0.15) is 28.7 Å². The topological polar surface area (TPSA) is 148 Å². The third-order valence-electron chi connectivity index (χ3n) is 8.54. The number of benzene rings is 1. The average molecular weight is 665 g/mol. The highest BCUT2D eigenvalue weighted by Crippen LogP contribution is 2.60. The Labute approximate surface area is 262 Å². The first-order valence-corrected chi connectivity index (χ1v) is 15.5. The minimum absolute atomic E-state index is 0.160. The van der Waals surface area contributed by atoms with Crippen LogP contribution in [0.15, 0.2) is 47.1 Å². The maximum atomic E-state index is 14.1. The van der Waals surface area contributed by atoms with Crippen LogP contribution in [0.4, 0.5) is 16.3 Å². The van der Waals surface area contributed by atoms with E-state index in [9.17, 15) is 19.2 Å². The molecule has 0 radical (unpaired) electrons. The maximum Gasteiger partial charge on any atom is 0.319 e. The molecule has 3 atom stereocenters. The molecule has 6 rings (SSSR count). The second-order valence-corrected chi connectivity index (χ2v) is 12.5. The van der Waals surface area contributed by atoms with E-state index in [0.29, 0.717) is 53.2 Å². The molecular formula is C31H34BrN7O5. The summed E-state index contributed by atoms with van der Waals surface area (Å²) >= 11 is 3.36. The molecular weight excluding hydrogens is 630 g/mol. The van der Waals surface area contributed by atoms with Gasteiger partial charge >= 0.3 is 6.03 Å². The molecule has 1 aliphatic carbocycles. The fourth-order valence-corrected chi connectivity index (χ4v) is 6.52. The number of rotatable bonds is 3. The van der Waals surface area contributed by atoms with Crippen LogP contribution in [0.3, 0.4) is 0 Å². The van der Waals surface area contributed by atoms with Crippen LogP contribution >= 0.6 is 15.9 Å². The summed E-state index contributed by atoms with van der Waals surface area (Å²) in [6, 6.07) is 7.53. The molecule has 3 aromatic rings. The standard InChI is InChI=1S/C31H34BrN7O5/c1-18-7-10-25(32)35-28(18)36-29(42)23-14-31-15-24(31)39(23)26(41)16-38-22-13-20(8-9-21(22)27(37-38)19(2)40)34-30(43)33-11-5-3-4-6-12-44-17-31/h4,6-10,13,23-24H,3,5,11-12,14-17H2,1-2H3,(H2,33,34,43)(H,35,36,42)/b6-4-/t23-,24+,31-/m0/s1. The lowest BCUT2D eigenvalue weighted by Crippen LogP contribution is -2.47. The third-order valence-corrected chi connectivity index (χ3v) is 8.99. The molecule has 13 heteroatoms. The van der Waals surface area contributed by atoms with Gasteiger partial charge in [0.05, 0.1) is 18.7 Å². The summed E-state index contributed by atoms with van der Waals surface area (Å²) in [5.74, 6) is -0.423. The largest absolute Gasteiger partial charge is 0.377 e. The van der Waals surface area contributed by atoms with Gasteiger partial charge in [-0.05, 0) is 78.4 Å². The van der Waals surface area contributed by atoms with E-state index in [1.807, 2.05) is 25.1 Å². The molecule has 44 heavy (non-hydrogen) atoms. The van der Waals surface area contributed by atoms with Crippen molar-refractivity contribution in [3.8, 4) is 0 Å². The number of carbonyl (C=O) groups is 4. The fraction of sp³-hybridized carbons (Fsp3) is 0.419. The van der Waals surface area contributed by atoms with Crippen molar-refractivity contribution in [1.82, 2.24) is 25.0 Å². The smallest absolute Gasteiger partial charge is 0.319 e. The first-order chi connectivity index (χ1) is 21.1. The molecule has 3 N–H and O–H groups in total. The average Bonchev–Trinajstić information content (AvgIpc) is 3.40. The summed E-state index contributed by atoms with van der Waals surface area (Å²) in [7, 11) is 0. The van der Waals surface area contributed by atoms with E-state index < -0.39 is 6.04 Å². The van der Waals surface area contributed by atoms with Crippen LogP contribution in [-0.4, -0.2) is 75.1 Å². The number of aromatic nitrogens is 3. The summed E-state index contributed by atoms with van der Waals surface area (Å²) in [6.07, 6.45) is 6.73. The van der Waals surface area contributed by atoms with Gasteiger partial charge in [-0.25, -0.2) is 9.78 Å². The van der Waals surface area contributed by atoms with Crippen molar-refractivity contribution in [2.24, 2.45) is 5.41 Å². The Hall–Kier alpha value is -4.10. The number of anilines is 2. The Morgan fingerprint density at radius 3 is 2.82 bits per heavy atom. The van der Waals surface area contributed by atoms with Crippen molar-refractivity contribution < 1.29 is 23.9 Å². The number of Topliss-reactive ketones (excluding diaryl/α,β-unsaturated/α-hetero) is 1. The number of ether oxygens (including phenoxy) is 1. The SMILES string of the molecule is CC(=O)c1nn2c3cc(ccc13)NC(=O)NCCC/C=C\COC[C@@]13C[C@@H](C(=O)Nc4nc(Br)ccc4C)N(C(=O)C2)[C@@H]1C3. The van der Waals surface area contributed by atoms with Gasteiger partial charge in [-0.3, -0.25) is 19.1 Å². The molecule has 4 heterocycles. The number of nitrogens with one attached hydrogen (secondary N) is 3. The number of amides is 4. The summed E-state index contributed by atoms with van der Waals surface area (Å²) < 4.78 is 8.09. The summed E-state index contributed by atoms with van der Waals surface area (Å²) in [6.45, 7) is 4.44. The molecule has 2 aliphatic heterocycles. The number of ketones is 1. The quantitative estimate of drug-likeness (QED) is 0.216. The molecule has 4 amide bonds. The maximum absolute atomic E-state index is 14.1. The van der Waals surface area contributed by atoms with Gasteiger partial charge in [-0.15, -0.1) is 0 Å². The highest BCUT2D eigenvalue weighted by molar-refractivity contribution is 9.10. The zero-order valence-electron chi connectivity index (χ0n) is 24.6. The van der Waals surface area contributed by atoms with Crippen LogP contribution in [0, 0.1) is 12.3 Å². The van der Waals surface area contributed by atoms with Gasteiger partial charge in [-0.1, -0.05) is 18.2 Å². The van der Waals surface area contributed by atoms with Crippen LogP contribution in [0.5, 0.6) is 0 Å². The van der Waals surface area contributed by atoms with E-state index >= 15 is 0 Å². The van der Waals surface area contributed by atoms with E-state index in [1.165, 1.54) is 11.6 Å². The van der Waals surface area contributed by atoms with E-state index in [1.54, 1.807) is 29.2 Å². The van der Waals surface area contributed by atoms with Crippen molar-refractivity contribution in [2.45, 2.75) is 58.2 Å². The first kappa shape index (κ1) is 29.9. The molecule has 1 saturated carbocycles. The van der Waals surface area contributed by atoms with Crippen molar-refractivity contribution in [3.05, 3.63) is 58.3 Å². The van der Waals surface area contributed by atoms with Crippen LogP contribution < -0.4 is 16.0 Å². The summed E-state index contributed by atoms with van der Waals surface area (Å²) in [5, 5.41) is 13.7. The molecule has 1 aromatic carbocycles. The Bertz CT molecular complexity index is 1690. The highest BCUT2D eigenvalue weighted by Gasteiger charge is 2.67. The number of nitrogens with zero attached hydrogens (tertiary/aromatic N) is 4. The molecule has 230 valence electrons. The predicted molar refractivity (Wildman–Crippen MR) is 167 cm³/mol. The second-order valence-electron chi connectivity index (χ2n) is 11.7. The number of hydrogen-bond acceptors (Lipinski definition) is 7. The van der Waals surface area contributed by atoms with Crippen molar-refractivity contribution >= 4 is 62.0 Å². The van der Waals surface area contributed by atoms with Gasteiger partial charge < -0.3 is 25.6 Å². The number of halogens is 1. The van der Waals surface area contributed by atoms with E-state index in [0.717, 1.165) is 24.8 Å². The molecule has 2 fully saturated rings. The van der Waals surface area contributed by atoms with E-state index in [2.05, 4.69) is 42.0 Å². The lowest BCUT2D eigenvalue weighted by Gasteiger charge is -2.27. The molecule has 1 saturated heterocycles. The second kappa shape index (κ2) is 12.1. The van der Waals surface area contributed by atoms with Crippen LogP contribution in [0.25, 0.3) is 10.9 Å². The zero-order valence-corrected chi connectivity index (χ0v) is 26.1. The lowest BCUT2D eigenvalue weighted by atomic mass is 10.00. The molecule has 3 aliphatic rings. The number of piperidine rings is 1. The number of pyridine rings is 1. The van der Waals surface area contributed by atoms with Crippen molar-refractivity contribution in [3.63, 3.8) is 0 Å². The van der Waals surface area contributed by atoms with Crippen LogP contribution in [0.1, 0.15) is 48.7 Å². The van der Waals surface area contributed by atoms with Crippen molar-refractivity contribution in [2.75, 3.05) is 30.4 Å². The highest BCUT2D eigenvalue weighted by atomic mass is 79.9. The van der Waals surface area contributed by atoms with E-state index in [4.69, 9.17) is 4.74 Å². The number of urea groups is 1. The number of allylic oxidation sites excluding steroid dienone is 1. The summed E-state index contributed by atoms with van der Waals surface area (Å²) in [5.41, 5.74) is 1.75. The number of hydrogen-bond donors (Lipinski definition) is 3. The Morgan fingerprint density at radius 2 is 2.00 bits per heavy atom. The van der Waals surface area contributed by atoms with Crippen molar-refractivity contribution in [1.29, 1.82) is 0 Å². The molecule has 4 bridgehead atoms. The minimum Gasteiger partial charge on any atom is -0.377 e. The third kappa shape index (κ3) is 5.98. The molecule has 2 aromatic heterocycles. The van der Waals surface area contributed by atoms with Crippen LogP contribution in [0.2, 0.25) is 0 Å². The number of carbonyl (C=O) groups excluding carboxylic acids is 4. The monoisotopic (exact) mass is 663 g/mol. The Kier molecular flexibility index (Phi) is 8.25. The molecule has 0 spiro atoms. The first-order valence-electron chi connectivity index (χ1n) is 14.7.